The highest BCUT2D eigenvalue weighted by Crippen LogP contribution is 2.46. The molecule has 0 radical (unpaired) electrons. The topological polar surface area (TPSA) is 84.2 Å². The Morgan fingerprint density at radius 3 is 2.56 bits per heavy atom. The summed E-state index contributed by atoms with van der Waals surface area (Å²) in [6, 6.07) is 17.7. The molecule has 2 fully saturated rings. The van der Waals surface area contributed by atoms with E-state index >= 15 is 0 Å². The fourth-order valence-corrected chi connectivity index (χ4v) is 7.12. The quantitative estimate of drug-likeness (QED) is 0.546. The molecule has 0 aliphatic carbocycles. The van der Waals surface area contributed by atoms with Gasteiger partial charge in [0.1, 0.15) is 6.17 Å². The minimum atomic E-state index is -0.753. The molecule has 5 heterocycles. The molecular formula is C27H25N3O5S. The predicted molar refractivity (Wildman–Crippen MR) is 134 cm³/mol. The van der Waals surface area contributed by atoms with Gasteiger partial charge in [0.05, 0.1) is 19.3 Å². The van der Waals surface area contributed by atoms with Crippen LogP contribution in [0.1, 0.15) is 46.1 Å². The van der Waals surface area contributed by atoms with Gasteiger partial charge in [-0.25, -0.2) is 0 Å². The zero-order valence-corrected chi connectivity index (χ0v) is 20.3. The van der Waals surface area contributed by atoms with E-state index in [9.17, 15) is 14.7 Å². The first-order chi connectivity index (χ1) is 17.6. The molecule has 1 N–H and O–H groups in total. The van der Waals surface area contributed by atoms with Crippen molar-refractivity contribution in [2.45, 2.75) is 41.5 Å². The van der Waals surface area contributed by atoms with Gasteiger partial charge in [-0.1, -0.05) is 42.5 Å². The zero-order valence-electron chi connectivity index (χ0n) is 19.5. The number of nitrogens with zero attached hydrogens (tertiary/aromatic N) is 3. The Hall–Kier alpha value is -3.27. The van der Waals surface area contributed by atoms with E-state index in [2.05, 4.69) is 29.3 Å². The van der Waals surface area contributed by atoms with Crippen LogP contribution in [0.4, 0.5) is 0 Å². The van der Waals surface area contributed by atoms with Crippen molar-refractivity contribution in [2.75, 3.05) is 24.8 Å². The van der Waals surface area contributed by atoms with E-state index in [4.69, 9.17) is 9.47 Å². The Morgan fingerprint density at radius 2 is 1.72 bits per heavy atom. The van der Waals surface area contributed by atoms with Crippen LogP contribution in [0, 0.1) is 0 Å². The van der Waals surface area contributed by atoms with Gasteiger partial charge < -0.3 is 19.5 Å². The Labute approximate surface area is 212 Å². The fourth-order valence-electron chi connectivity index (χ4n) is 6.03. The summed E-state index contributed by atoms with van der Waals surface area (Å²) >= 11 is 1.79. The van der Waals surface area contributed by atoms with Crippen LogP contribution in [0.3, 0.4) is 0 Å². The van der Waals surface area contributed by atoms with Crippen molar-refractivity contribution in [2.24, 2.45) is 0 Å². The molecule has 2 aromatic carbocycles. The van der Waals surface area contributed by atoms with Gasteiger partial charge in [0.15, 0.2) is 17.2 Å². The summed E-state index contributed by atoms with van der Waals surface area (Å²) in [4.78, 5) is 29.1. The smallest absolute Gasteiger partial charge is 0.278 e. The largest absolute Gasteiger partial charge is 0.502 e. The maximum Gasteiger partial charge on any atom is 0.278 e. The molecule has 9 heteroatoms. The second-order valence-electron chi connectivity index (χ2n) is 9.57. The van der Waals surface area contributed by atoms with Gasteiger partial charge in [-0.05, 0) is 22.8 Å². The highest BCUT2D eigenvalue weighted by Gasteiger charge is 2.53. The van der Waals surface area contributed by atoms with E-state index in [1.165, 1.54) is 11.6 Å². The van der Waals surface area contributed by atoms with E-state index in [-0.39, 0.29) is 17.6 Å². The predicted octanol–water partition coefficient (Wildman–Crippen LogP) is 3.21. The fraction of sp³-hybridized carbons (Fsp3) is 0.333. The summed E-state index contributed by atoms with van der Waals surface area (Å²) in [5, 5.41) is 12.9. The summed E-state index contributed by atoms with van der Waals surface area (Å²) in [7, 11) is 0. The molecule has 184 valence electrons. The molecule has 1 amide bonds. The van der Waals surface area contributed by atoms with Gasteiger partial charge in [0.2, 0.25) is 5.43 Å². The summed E-state index contributed by atoms with van der Waals surface area (Å²) in [6.07, 6.45) is 2.19. The number of carbonyl (C=O) groups excluding carboxylic acids is 1. The van der Waals surface area contributed by atoms with Gasteiger partial charge >= 0.3 is 0 Å². The number of ether oxygens (including phenoxy) is 2. The number of fused-ring (bicyclic) bond motifs is 4. The van der Waals surface area contributed by atoms with E-state index in [0.29, 0.717) is 32.6 Å². The monoisotopic (exact) mass is 503 g/mol. The lowest BCUT2D eigenvalue weighted by Gasteiger charge is -2.54. The van der Waals surface area contributed by atoms with Gasteiger partial charge in [-0.15, -0.1) is 11.8 Å². The molecule has 4 aliphatic heterocycles. The number of hydrogen-bond donors (Lipinski definition) is 1. The molecule has 36 heavy (non-hydrogen) atoms. The van der Waals surface area contributed by atoms with Crippen LogP contribution in [-0.4, -0.2) is 52.3 Å². The van der Waals surface area contributed by atoms with E-state index in [0.717, 1.165) is 21.8 Å². The second kappa shape index (κ2) is 8.12. The van der Waals surface area contributed by atoms with E-state index in [1.54, 1.807) is 27.5 Å². The number of amides is 1. The number of piperidine rings is 1. The summed E-state index contributed by atoms with van der Waals surface area (Å²) in [6.45, 7) is 1.44. The van der Waals surface area contributed by atoms with Crippen molar-refractivity contribution < 1.29 is 19.4 Å². The first-order valence-electron chi connectivity index (χ1n) is 12.2. The number of carbonyl (C=O) groups is 1. The molecule has 1 aromatic heterocycles. The molecule has 2 atom stereocenters. The van der Waals surface area contributed by atoms with E-state index in [1.807, 2.05) is 24.3 Å². The molecule has 7 rings (SSSR count). The normalized spacial score (nSPS) is 24.1. The molecule has 3 aromatic rings. The number of rotatable bonds is 1. The van der Waals surface area contributed by atoms with Crippen LogP contribution in [-0.2, 0) is 15.2 Å². The summed E-state index contributed by atoms with van der Waals surface area (Å²) in [5.74, 6) is -0.812. The van der Waals surface area contributed by atoms with Gasteiger partial charge in [0, 0.05) is 42.3 Å². The highest BCUT2D eigenvalue weighted by molar-refractivity contribution is 7.98. The minimum Gasteiger partial charge on any atom is -0.502 e. The van der Waals surface area contributed by atoms with Crippen molar-refractivity contribution in [1.29, 1.82) is 0 Å². The van der Waals surface area contributed by atoms with Crippen LogP contribution >= 0.6 is 11.8 Å². The molecular weight excluding hydrogens is 478 g/mol. The number of hydrogen-bond acceptors (Lipinski definition) is 7. The number of benzene rings is 2. The first kappa shape index (κ1) is 22.0. The van der Waals surface area contributed by atoms with E-state index < -0.39 is 23.1 Å². The average Bonchev–Trinajstić information content (AvgIpc) is 3.28. The third-order valence-electron chi connectivity index (χ3n) is 7.68. The van der Waals surface area contributed by atoms with Crippen molar-refractivity contribution in [3.63, 3.8) is 0 Å². The molecule has 0 saturated carbocycles. The molecule has 2 saturated heterocycles. The van der Waals surface area contributed by atoms with Crippen molar-refractivity contribution in [3.8, 4) is 5.75 Å². The third kappa shape index (κ3) is 3.16. The maximum absolute atomic E-state index is 13.7. The molecule has 1 spiro atoms. The van der Waals surface area contributed by atoms with Gasteiger partial charge in [-0.3, -0.25) is 19.3 Å². The zero-order chi connectivity index (χ0) is 24.4. The maximum atomic E-state index is 13.7. The molecule has 8 nitrogen and oxygen atoms in total. The lowest BCUT2D eigenvalue weighted by Crippen LogP contribution is -2.67. The summed E-state index contributed by atoms with van der Waals surface area (Å²) in [5.41, 5.74) is 2.87. The van der Waals surface area contributed by atoms with Crippen LogP contribution in [0.2, 0.25) is 0 Å². The van der Waals surface area contributed by atoms with Crippen molar-refractivity contribution in [3.05, 3.63) is 93.4 Å². The molecule has 0 bridgehead atoms. The molecule has 4 aliphatic rings. The average molecular weight is 504 g/mol. The van der Waals surface area contributed by atoms with Gasteiger partial charge in [0.25, 0.3) is 5.91 Å². The van der Waals surface area contributed by atoms with Gasteiger partial charge in [-0.2, -0.15) is 0 Å². The molecule has 0 unspecified atom stereocenters. The third-order valence-corrected chi connectivity index (χ3v) is 8.82. The lowest BCUT2D eigenvalue weighted by molar-refractivity contribution is -0.195. The lowest BCUT2D eigenvalue weighted by atomic mass is 9.91. The number of aromatic nitrogens is 1. The highest BCUT2D eigenvalue weighted by atomic mass is 32.2. The Morgan fingerprint density at radius 1 is 0.972 bits per heavy atom. The van der Waals surface area contributed by atoms with Crippen LogP contribution in [0.5, 0.6) is 5.75 Å². The van der Waals surface area contributed by atoms with Crippen molar-refractivity contribution in [1.82, 2.24) is 9.58 Å². The van der Waals surface area contributed by atoms with Crippen LogP contribution in [0.15, 0.2) is 70.5 Å². The first-order valence-corrected chi connectivity index (χ1v) is 13.2. The SMILES string of the molecule is O=C1c2c(O)c(=O)ccn2N([C@H]2c3ccccc3CSc3ccccc32)[C@@H]2CC3(CCN12)OCCO3. The number of aromatic hydroxyl groups is 1. The number of thioether (sulfide) groups is 1. The Balaban J connectivity index is 1.50. The minimum absolute atomic E-state index is 0.00480. The van der Waals surface area contributed by atoms with Crippen molar-refractivity contribution >= 4 is 17.7 Å². The number of pyridine rings is 1. The van der Waals surface area contributed by atoms with Crippen LogP contribution in [0.25, 0.3) is 0 Å². The Kier molecular flexibility index (Phi) is 4.96. The van der Waals surface area contributed by atoms with Crippen LogP contribution < -0.4 is 10.4 Å². The summed E-state index contributed by atoms with van der Waals surface area (Å²) < 4.78 is 13.9. The Bertz CT molecular complexity index is 1390. The second-order valence-corrected chi connectivity index (χ2v) is 10.6. The standard InChI is InChI=1S/C27H25N3O5S/c31-20-9-11-29-24(25(20)32)26(33)28-12-10-27(34-13-14-35-27)15-22(28)30(29)23-18-6-2-1-5-17(18)16-36-21-8-4-3-7-19(21)23/h1-9,11,22-23,32H,10,12-16H2/t22-,23+/m1/s1.